The zero-order chi connectivity index (χ0) is 12.1. The highest BCUT2D eigenvalue weighted by molar-refractivity contribution is 5.88. The molecule has 2 aliphatic rings. The Labute approximate surface area is 102 Å². The first-order chi connectivity index (χ1) is 8.26. The fraction of sp³-hybridized carbons (Fsp3) is 0.769. The van der Waals surface area contributed by atoms with E-state index in [0.717, 1.165) is 32.1 Å². The van der Waals surface area contributed by atoms with Crippen LogP contribution in [0.2, 0.25) is 0 Å². The average Bonchev–Trinajstić information content (AvgIpc) is 2.82. The lowest BCUT2D eigenvalue weighted by atomic mass is 10.0. The van der Waals surface area contributed by atoms with Gasteiger partial charge in [-0.1, -0.05) is 12.5 Å². The van der Waals surface area contributed by atoms with Gasteiger partial charge in [-0.3, -0.25) is 0 Å². The summed E-state index contributed by atoms with van der Waals surface area (Å²) in [5.74, 6) is -0.838. The molecule has 0 amide bonds. The maximum atomic E-state index is 11.7. The van der Waals surface area contributed by atoms with Crippen molar-refractivity contribution in [2.24, 2.45) is 0 Å². The topological polar surface area (TPSA) is 44.8 Å². The Hall–Kier alpha value is -0.870. The summed E-state index contributed by atoms with van der Waals surface area (Å²) in [5, 5.41) is 0. The van der Waals surface area contributed by atoms with Crippen molar-refractivity contribution in [3.63, 3.8) is 0 Å². The number of allylic oxidation sites excluding steroid dienone is 1. The molecule has 1 saturated heterocycles. The van der Waals surface area contributed by atoms with E-state index in [-0.39, 0.29) is 5.97 Å². The molecular weight excluding hydrogens is 220 g/mol. The van der Waals surface area contributed by atoms with Gasteiger partial charge in [0.2, 0.25) is 0 Å². The van der Waals surface area contributed by atoms with Crippen LogP contribution in [0.5, 0.6) is 0 Å². The molecule has 0 bridgehead atoms. The SMILES string of the molecule is COC(=O)/C1=C/CCCCCC2(C1)OCCO2. The number of esters is 1. The Kier molecular flexibility index (Phi) is 4.18. The second-order valence-electron chi connectivity index (χ2n) is 4.60. The van der Waals surface area contributed by atoms with Crippen molar-refractivity contribution in [1.82, 2.24) is 0 Å². The van der Waals surface area contributed by atoms with Crippen LogP contribution in [-0.4, -0.2) is 32.1 Å². The molecule has 1 spiro atoms. The molecule has 0 saturated carbocycles. The van der Waals surface area contributed by atoms with Crippen LogP contribution >= 0.6 is 0 Å². The van der Waals surface area contributed by atoms with Crippen molar-refractivity contribution >= 4 is 5.97 Å². The van der Waals surface area contributed by atoms with Gasteiger partial charge in [-0.05, 0) is 19.3 Å². The maximum Gasteiger partial charge on any atom is 0.333 e. The molecule has 4 nitrogen and oxygen atoms in total. The molecule has 1 fully saturated rings. The van der Waals surface area contributed by atoms with Gasteiger partial charge in [0.1, 0.15) is 0 Å². The third kappa shape index (κ3) is 3.07. The van der Waals surface area contributed by atoms with Gasteiger partial charge < -0.3 is 14.2 Å². The van der Waals surface area contributed by atoms with Crippen LogP contribution in [0.25, 0.3) is 0 Å². The molecule has 0 N–H and O–H groups in total. The highest BCUT2D eigenvalue weighted by Crippen LogP contribution is 2.34. The number of methoxy groups -OCH3 is 1. The standard InChI is InChI=1S/C13H20O4/c1-15-12(14)11-6-4-2-3-5-7-13(10-11)16-8-9-17-13/h6H,2-5,7-10H2,1H3/b11-6+. The van der Waals surface area contributed by atoms with Crippen molar-refractivity contribution in [2.45, 2.75) is 44.3 Å². The van der Waals surface area contributed by atoms with E-state index in [9.17, 15) is 4.79 Å². The fourth-order valence-corrected chi connectivity index (χ4v) is 2.47. The van der Waals surface area contributed by atoms with E-state index in [4.69, 9.17) is 14.2 Å². The number of hydrogen-bond donors (Lipinski definition) is 0. The number of carbonyl (C=O) groups is 1. The molecule has 1 aliphatic heterocycles. The first-order valence-corrected chi connectivity index (χ1v) is 6.31. The van der Waals surface area contributed by atoms with Crippen molar-refractivity contribution in [3.05, 3.63) is 11.6 Å². The second-order valence-corrected chi connectivity index (χ2v) is 4.60. The Morgan fingerprint density at radius 2 is 2.06 bits per heavy atom. The van der Waals surface area contributed by atoms with Crippen molar-refractivity contribution < 1.29 is 19.0 Å². The summed E-state index contributed by atoms with van der Waals surface area (Å²) in [6.07, 6.45) is 7.63. The van der Waals surface area contributed by atoms with E-state index in [0.29, 0.717) is 25.2 Å². The molecule has 0 atom stereocenters. The van der Waals surface area contributed by atoms with Crippen LogP contribution < -0.4 is 0 Å². The van der Waals surface area contributed by atoms with Crippen molar-refractivity contribution in [1.29, 1.82) is 0 Å². The highest BCUT2D eigenvalue weighted by Gasteiger charge is 2.38. The molecule has 2 rings (SSSR count). The minimum atomic E-state index is -0.579. The summed E-state index contributed by atoms with van der Waals surface area (Å²) in [6, 6.07) is 0. The van der Waals surface area contributed by atoms with Gasteiger partial charge in [0.15, 0.2) is 5.79 Å². The first-order valence-electron chi connectivity index (χ1n) is 6.31. The number of hydrogen-bond acceptors (Lipinski definition) is 4. The zero-order valence-electron chi connectivity index (χ0n) is 10.4. The maximum absolute atomic E-state index is 11.7. The quantitative estimate of drug-likeness (QED) is 0.659. The lowest BCUT2D eigenvalue weighted by Gasteiger charge is -2.27. The Morgan fingerprint density at radius 1 is 1.29 bits per heavy atom. The monoisotopic (exact) mass is 240 g/mol. The van der Waals surface area contributed by atoms with Gasteiger partial charge in [0.25, 0.3) is 0 Å². The molecule has 0 aromatic carbocycles. The van der Waals surface area contributed by atoms with Crippen LogP contribution in [0.4, 0.5) is 0 Å². The normalized spacial score (nSPS) is 27.7. The van der Waals surface area contributed by atoms with Gasteiger partial charge in [-0.15, -0.1) is 0 Å². The first kappa shape index (κ1) is 12.6. The van der Waals surface area contributed by atoms with Gasteiger partial charge in [-0.2, -0.15) is 0 Å². The predicted molar refractivity (Wildman–Crippen MR) is 62.4 cm³/mol. The van der Waals surface area contributed by atoms with E-state index in [1.165, 1.54) is 7.11 Å². The van der Waals surface area contributed by atoms with E-state index < -0.39 is 5.79 Å². The summed E-state index contributed by atoms with van der Waals surface area (Å²) < 4.78 is 16.3. The largest absolute Gasteiger partial charge is 0.466 e. The molecule has 0 unspecified atom stereocenters. The predicted octanol–water partition coefficient (Wildman–Crippen LogP) is 2.18. The average molecular weight is 240 g/mol. The second kappa shape index (κ2) is 5.65. The number of carbonyl (C=O) groups excluding carboxylic acids is 1. The Balaban J connectivity index is 2.14. The molecule has 0 aromatic heterocycles. The minimum absolute atomic E-state index is 0.259. The Morgan fingerprint density at radius 3 is 2.76 bits per heavy atom. The van der Waals surface area contributed by atoms with Crippen LogP contribution in [0.3, 0.4) is 0 Å². The van der Waals surface area contributed by atoms with Crippen LogP contribution in [0.15, 0.2) is 11.6 Å². The third-order valence-electron chi connectivity index (χ3n) is 3.37. The van der Waals surface area contributed by atoms with Crippen LogP contribution in [-0.2, 0) is 19.0 Å². The smallest absolute Gasteiger partial charge is 0.333 e. The minimum Gasteiger partial charge on any atom is -0.466 e. The fourth-order valence-electron chi connectivity index (χ4n) is 2.47. The molecule has 1 heterocycles. The molecular formula is C13H20O4. The molecule has 0 aromatic rings. The molecule has 96 valence electrons. The van der Waals surface area contributed by atoms with Crippen LogP contribution in [0, 0.1) is 0 Å². The summed E-state index contributed by atoms with van der Waals surface area (Å²) in [5.41, 5.74) is 0.691. The summed E-state index contributed by atoms with van der Waals surface area (Å²) >= 11 is 0. The van der Waals surface area contributed by atoms with Gasteiger partial charge >= 0.3 is 5.97 Å². The van der Waals surface area contributed by atoms with E-state index in [1.54, 1.807) is 0 Å². The lowest BCUT2D eigenvalue weighted by Crippen LogP contribution is -2.32. The number of ether oxygens (including phenoxy) is 3. The molecule has 1 aliphatic carbocycles. The van der Waals surface area contributed by atoms with Gasteiger partial charge in [0.05, 0.1) is 20.3 Å². The van der Waals surface area contributed by atoms with Crippen LogP contribution in [0.1, 0.15) is 38.5 Å². The summed E-state index contributed by atoms with van der Waals surface area (Å²) in [6.45, 7) is 1.24. The number of rotatable bonds is 1. The van der Waals surface area contributed by atoms with Gasteiger partial charge in [0, 0.05) is 18.4 Å². The van der Waals surface area contributed by atoms with E-state index in [2.05, 4.69) is 0 Å². The highest BCUT2D eigenvalue weighted by atomic mass is 16.7. The lowest BCUT2D eigenvalue weighted by molar-refractivity contribution is -0.165. The molecule has 17 heavy (non-hydrogen) atoms. The van der Waals surface area contributed by atoms with E-state index in [1.807, 2.05) is 6.08 Å². The summed E-state index contributed by atoms with van der Waals surface area (Å²) in [4.78, 5) is 11.7. The van der Waals surface area contributed by atoms with Crippen molar-refractivity contribution in [3.8, 4) is 0 Å². The molecule has 0 radical (unpaired) electrons. The van der Waals surface area contributed by atoms with Gasteiger partial charge in [-0.25, -0.2) is 4.79 Å². The third-order valence-corrected chi connectivity index (χ3v) is 3.37. The molecule has 4 heteroatoms. The Bertz CT molecular complexity index is 303. The van der Waals surface area contributed by atoms with E-state index >= 15 is 0 Å². The zero-order valence-corrected chi connectivity index (χ0v) is 10.4. The van der Waals surface area contributed by atoms with Crippen molar-refractivity contribution in [2.75, 3.05) is 20.3 Å². The summed E-state index contributed by atoms with van der Waals surface area (Å²) in [7, 11) is 1.42.